The van der Waals surface area contributed by atoms with Gasteiger partial charge in [0, 0.05) is 41.9 Å². The first-order chi connectivity index (χ1) is 14.1. The van der Waals surface area contributed by atoms with Gasteiger partial charge < -0.3 is 5.32 Å². The van der Waals surface area contributed by atoms with Crippen LogP contribution in [0.5, 0.6) is 0 Å². The number of sulfonamides is 1. The van der Waals surface area contributed by atoms with Crippen LogP contribution < -0.4 is 5.32 Å². The van der Waals surface area contributed by atoms with Crippen molar-refractivity contribution >= 4 is 38.9 Å². The van der Waals surface area contributed by atoms with Gasteiger partial charge in [0.15, 0.2) is 0 Å². The van der Waals surface area contributed by atoms with E-state index in [0.717, 1.165) is 11.6 Å². The van der Waals surface area contributed by atoms with Crippen LogP contribution in [0.25, 0.3) is 0 Å². The fourth-order valence-corrected chi connectivity index (χ4v) is 5.29. The molecule has 1 aliphatic rings. The highest BCUT2D eigenvalue weighted by atomic mass is 35.5. The first kappa shape index (κ1) is 22.2. The Hall–Kier alpha value is -2.49. The molecule has 160 valence electrons. The summed E-state index contributed by atoms with van der Waals surface area (Å²) in [6.07, 6.45) is 0.720. The molecule has 0 spiro atoms. The molecule has 1 amide bonds. The molecule has 3 rings (SSSR count). The Balaban J connectivity index is 1.68. The van der Waals surface area contributed by atoms with Crippen molar-refractivity contribution in [3.8, 4) is 0 Å². The molecule has 30 heavy (non-hydrogen) atoms. The molecule has 1 saturated heterocycles. The standard InChI is InChI=1S/C20H22ClN3O5S/c1-13-3-5-16(11-18(13)21)22-20(25)15-7-9-23(10-8-15)30(28,29)19-12-17(24(26)27)6-4-14(19)2/h3-6,11-12,15H,7-10H2,1-2H3,(H,22,25). The average molecular weight is 452 g/mol. The summed E-state index contributed by atoms with van der Waals surface area (Å²) in [4.78, 5) is 22.9. The van der Waals surface area contributed by atoms with Gasteiger partial charge in [0.1, 0.15) is 0 Å². The van der Waals surface area contributed by atoms with Crippen molar-refractivity contribution in [3.05, 3.63) is 62.7 Å². The summed E-state index contributed by atoms with van der Waals surface area (Å²) in [5.41, 5.74) is 1.67. The fraction of sp³-hybridized carbons (Fsp3) is 0.350. The van der Waals surface area contributed by atoms with Gasteiger partial charge in [-0.05, 0) is 49.9 Å². The Morgan fingerprint density at radius 2 is 1.77 bits per heavy atom. The van der Waals surface area contributed by atoms with E-state index in [2.05, 4.69) is 5.32 Å². The van der Waals surface area contributed by atoms with E-state index in [-0.39, 0.29) is 35.5 Å². The zero-order valence-electron chi connectivity index (χ0n) is 16.6. The molecular weight excluding hydrogens is 430 g/mol. The second-order valence-electron chi connectivity index (χ2n) is 7.34. The number of nitrogens with zero attached hydrogens (tertiary/aromatic N) is 2. The quantitative estimate of drug-likeness (QED) is 0.547. The number of hydrogen-bond acceptors (Lipinski definition) is 5. The number of aryl methyl sites for hydroxylation is 2. The van der Waals surface area contributed by atoms with Gasteiger partial charge in [0.05, 0.1) is 9.82 Å². The second-order valence-corrected chi connectivity index (χ2v) is 9.65. The number of carbonyl (C=O) groups is 1. The third-order valence-electron chi connectivity index (χ3n) is 5.26. The molecule has 2 aromatic carbocycles. The van der Waals surface area contributed by atoms with Crippen LogP contribution in [0.2, 0.25) is 5.02 Å². The molecule has 1 N–H and O–H groups in total. The van der Waals surface area contributed by atoms with Gasteiger partial charge in [-0.25, -0.2) is 8.42 Å². The molecule has 1 fully saturated rings. The topological polar surface area (TPSA) is 110 Å². The molecule has 0 aliphatic carbocycles. The van der Waals surface area contributed by atoms with Crippen molar-refractivity contribution in [1.29, 1.82) is 0 Å². The lowest BCUT2D eigenvalue weighted by molar-refractivity contribution is -0.385. The number of non-ortho nitro benzene ring substituents is 1. The summed E-state index contributed by atoms with van der Waals surface area (Å²) in [5.74, 6) is -0.513. The van der Waals surface area contributed by atoms with Crippen LogP contribution >= 0.6 is 11.6 Å². The van der Waals surface area contributed by atoms with Crippen LogP contribution in [-0.2, 0) is 14.8 Å². The minimum Gasteiger partial charge on any atom is -0.326 e. The van der Waals surface area contributed by atoms with E-state index in [1.807, 2.05) is 13.0 Å². The zero-order valence-corrected chi connectivity index (χ0v) is 18.2. The third-order valence-corrected chi connectivity index (χ3v) is 7.71. The van der Waals surface area contributed by atoms with Gasteiger partial charge in [-0.3, -0.25) is 14.9 Å². The Labute approximate surface area is 180 Å². The number of hydrogen-bond donors (Lipinski definition) is 1. The maximum absolute atomic E-state index is 13.0. The number of amides is 1. The molecule has 1 aliphatic heterocycles. The van der Waals surface area contributed by atoms with Crippen LogP contribution in [0.4, 0.5) is 11.4 Å². The molecule has 0 aromatic heterocycles. The molecule has 2 aromatic rings. The van der Waals surface area contributed by atoms with Crippen LogP contribution in [-0.4, -0.2) is 36.6 Å². The SMILES string of the molecule is Cc1ccc(NC(=O)C2CCN(S(=O)(=O)c3cc([N+](=O)[O-])ccc3C)CC2)cc1Cl. The van der Waals surface area contributed by atoms with Crippen LogP contribution in [0.3, 0.4) is 0 Å². The van der Waals surface area contributed by atoms with Gasteiger partial charge in [0.2, 0.25) is 15.9 Å². The molecular formula is C20H22ClN3O5S. The lowest BCUT2D eigenvalue weighted by Gasteiger charge is -2.30. The Bertz CT molecular complexity index is 1100. The number of nitro groups is 1. The second kappa shape index (κ2) is 8.71. The highest BCUT2D eigenvalue weighted by Gasteiger charge is 2.33. The van der Waals surface area contributed by atoms with Gasteiger partial charge in [-0.15, -0.1) is 0 Å². The highest BCUT2D eigenvalue weighted by Crippen LogP contribution is 2.29. The van der Waals surface area contributed by atoms with Gasteiger partial charge >= 0.3 is 0 Å². The third kappa shape index (κ3) is 4.63. The molecule has 0 atom stereocenters. The van der Waals surface area contributed by atoms with Gasteiger partial charge in [-0.2, -0.15) is 4.31 Å². The van der Waals surface area contributed by atoms with E-state index in [0.29, 0.717) is 29.1 Å². The number of nitrogens with one attached hydrogen (secondary N) is 1. The lowest BCUT2D eigenvalue weighted by Crippen LogP contribution is -2.41. The molecule has 0 saturated carbocycles. The van der Waals surface area contributed by atoms with E-state index in [1.54, 1.807) is 19.1 Å². The summed E-state index contributed by atoms with van der Waals surface area (Å²) in [6, 6.07) is 9.06. The predicted molar refractivity (Wildman–Crippen MR) is 114 cm³/mol. The van der Waals surface area contributed by atoms with Crippen LogP contribution in [0.1, 0.15) is 24.0 Å². The predicted octanol–water partition coefficient (Wildman–Crippen LogP) is 3.90. The van der Waals surface area contributed by atoms with Crippen molar-refractivity contribution in [2.45, 2.75) is 31.6 Å². The van der Waals surface area contributed by atoms with E-state index in [1.165, 1.54) is 16.4 Å². The molecule has 0 radical (unpaired) electrons. The maximum Gasteiger partial charge on any atom is 0.270 e. The molecule has 0 bridgehead atoms. The average Bonchev–Trinajstić information content (AvgIpc) is 2.70. The smallest absolute Gasteiger partial charge is 0.270 e. The van der Waals surface area contributed by atoms with E-state index in [9.17, 15) is 23.3 Å². The summed E-state index contributed by atoms with van der Waals surface area (Å²) in [5, 5.41) is 14.4. The molecule has 8 nitrogen and oxygen atoms in total. The van der Waals surface area contributed by atoms with Crippen LogP contribution in [0.15, 0.2) is 41.3 Å². The monoisotopic (exact) mass is 451 g/mol. The fourth-order valence-electron chi connectivity index (χ4n) is 3.39. The first-order valence-electron chi connectivity index (χ1n) is 9.42. The van der Waals surface area contributed by atoms with Crippen molar-refractivity contribution in [1.82, 2.24) is 4.31 Å². The highest BCUT2D eigenvalue weighted by molar-refractivity contribution is 7.89. The largest absolute Gasteiger partial charge is 0.326 e. The summed E-state index contributed by atoms with van der Waals surface area (Å²) in [6.45, 7) is 3.80. The van der Waals surface area contributed by atoms with Crippen molar-refractivity contribution in [2.75, 3.05) is 18.4 Å². The van der Waals surface area contributed by atoms with Crippen molar-refractivity contribution < 1.29 is 18.1 Å². The minimum atomic E-state index is -3.89. The normalized spacial score (nSPS) is 15.7. The van der Waals surface area contributed by atoms with E-state index < -0.39 is 14.9 Å². The molecule has 10 heteroatoms. The minimum absolute atomic E-state index is 0.0751. The van der Waals surface area contributed by atoms with Crippen molar-refractivity contribution in [3.63, 3.8) is 0 Å². The summed E-state index contributed by atoms with van der Waals surface area (Å²) in [7, 11) is -3.89. The Kier molecular flexibility index (Phi) is 6.44. The molecule has 1 heterocycles. The number of nitro benzene ring substituents is 1. The Morgan fingerprint density at radius 3 is 2.37 bits per heavy atom. The zero-order chi connectivity index (χ0) is 22.1. The first-order valence-corrected chi connectivity index (χ1v) is 11.2. The molecule has 0 unspecified atom stereocenters. The summed E-state index contributed by atoms with van der Waals surface area (Å²) < 4.78 is 27.3. The Morgan fingerprint density at radius 1 is 1.13 bits per heavy atom. The van der Waals surface area contributed by atoms with Crippen LogP contribution in [0, 0.1) is 29.9 Å². The number of benzene rings is 2. The number of rotatable bonds is 5. The number of piperidine rings is 1. The lowest BCUT2D eigenvalue weighted by atomic mass is 9.97. The number of carbonyl (C=O) groups excluding carboxylic acids is 1. The van der Waals surface area contributed by atoms with E-state index >= 15 is 0 Å². The number of anilines is 1. The number of halogens is 1. The van der Waals surface area contributed by atoms with Gasteiger partial charge in [0.25, 0.3) is 5.69 Å². The summed E-state index contributed by atoms with van der Waals surface area (Å²) >= 11 is 6.09. The maximum atomic E-state index is 13.0. The van der Waals surface area contributed by atoms with E-state index in [4.69, 9.17) is 11.6 Å². The van der Waals surface area contributed by atoms with Crippen molar-refractivity contribution in [2.24, 2.45) is 5.92 Å². The van der Waals surface area contributed by atoms with Gasteiger partial charge in [-0.1, -0.05) is 23.7 Å².